The molecule has 2 N–H and O–H groups in total. The minimum atomic E-state index is -0.507. The van der Waals surface area contributed by atoms with E-state index in [0.717, 1.165) is 21.2 Å². The molecule has 0 bridgehead atoms. The van der Waals surface area contributed by atoms with E-state index in [4.69, 9.17) is 16.3 Å². The number of hydrazone groups is 1. The lowest BCUT2D eigenvalue weighted by Gasteiger charge is -2.09. The highest BCUT2D eigenvalue weighted by molar-refractivity contribution is 9.10. The number of halogens is 2. The van der Waals surface area contributed by atoms with Gasteiger partial charge in [0.05, 0.1) is 10.7 Å². The molecule has 0 fully saturated rings. The van der Waals surface area contributed by atoms with E-state index in [-0.39, 0.29) is 6.42 Å². The van der Waals surface area contributed by atoms with Crippen LogP contribution in [0.3, 0.4) is 0 Å². The van der Waals surface area contributed by atoms with Crippen LogP contribution in [0.1, 0.15) is 23.1 Å². The lowest BCUT2D eigenvalue weighted by molar-refractivity contribution is -0.126. The second-order valence-electron chi connectivity index (χ2n) is 6.99. The number of carbonyl (C=O) groups is 2. The third-order valence-electron chi connectivity index (χ3n) is 4.32. The predicted octanol–water partition coefficient (Wildman–Crippen LogP) is 5.47. The predicted molar refractivity (Wildman–Crippen MR) is 130 cm³/mol. The molecule has 2 amide bonds. The molecule has 3 rings (SSSR count). The maximum Gasteiger partial charge on any atom is 0.249 e. The molecule has 0 spiro atoms. The first kappa shape index (κ1) is 23.5. The lowest BCUT2D eigenvalue weighted by atomic mass is 10.2. The van der Waals surface area contributed by atoms with Gasteiger partial charge in [-0.05, 0) is 76.4 Å². The van der Waals surface area contributed by atoms with Crippen LogP contribution in [-0.4, -0.2) is 18.0 Å². The molecule has 8 heteroatoms. The summed E-state index contributed by atoms with van der Waals surface area (Å²) in [4.78, 5) is 23.9. The van der Waals surface area contributed by atoms with Crippen LogP contribution < -0.4 is 15.5 Å². The number of aryl methyl sites for hydroxylation is 1. The number of ether oxygens (including phenoxy) is 1. The topological polar surface area (TPSA) is 79.8 Å². The van der Waals surface area contributed by atoms with Gasteiger partial charge in [-0.15, -0.1) is 0 Å². The lowest BCUT2D eigenvalue weighted by Crippen LogP contribution is -2.24. The van der Waals surface area contributed by atoms with Crippen LogP contribution in [0.5, 0.6) is 5.75 Å². The smallest absolute Gasteiger partial charge is 0.249 e. The molecule has 0 unspecified atom stereocenters. The zero-order valence-electron chi connectivity index (χ0n) is 17.3. The van der Waals surface area contributed by atoms with Crippen molar-refractivity contribution in [2.45, 2.75) is 20.0 Å². The van der Waals surface area contributed by atoms with Gasteiger partial charge in [-0.25, -0.2) is 5.43 Å². The molecular weight excluding hydrogens is 494 g/mol. The van der Waals surface area contributed by atoms with Gasteiger partial charge in [-0.2, -0.15) is 5.10 Å². The van der Waals surface area contributed by atoms with Crippen LogP contribution >= 0.6 is 27.5 Å². The number of hydrogen-bond acceptors (Lipinski definition) is 4. The van der Waals surface area contributed by atoms with Gasteiger partial charge in [-0.3, -0.25) is 9.59 Å². The fourth-order valence-electron chi connectivity index (χ4n) is 2.66. The third kappa shape index (κ3) is 7.51. The van der Waals surface area contributed by atoms with Gasteiger partial charge in [0, 0.05) is 10.7 Å². The SMILES string of the molecule is Cc1ccc(NC(=O)CC(=O)NN=Cc2ccc(OCc3ccc(Cl)cc3)c(Br)c2)cc1. The molecule has 0 atom stereocenters. The second kappa shape index (κ2) is 11.5. The Hall–Kier alpha value is -3.16. The molecular formula is C24H21BrClN3O3. The van der Waals surface area contributed by atoms with Gasteiger partial charge in [0.25, 0.3) is 0 Å². The fourth-order valence-corrected chi connectivity index (χ4v) is 3.30. The zero-order chi connectivity index (χ0) is 22.9. The van der Waals surface area contributed by atoms with E-state index in [0.29, 0.717) is 23.1 Å². The Morgan fingerprint density at radius 1 is 1.03 bits per heavy atom. The number of nitrogens with zero attached hydrogens (tertiary/aromatic N) is 1. The second-order valence-corrected chi connectivity index (χ2v) is 8.28. The molecule has 0 radical (unpaired) electrons. The number of anilines is 1. The quantitative estimate of drug-likeness (QED) is 0.238. The molecule has 6 nitrogen and oxygen atoms in total. The van der Waals surface area contributed by atoms with Crippen molar-refractivity contribution in [2.24, 2.45) is 5.10 Å². The summed E-state index contributed by atoms with van der Waals surface area (Å²) in [5.74, 6) is -0.242. The molecule has 164 valence electrons. The van der Waals surface area contributed by atoms with E-state index >= 15 is 0 Å². The summed E-state index contributed by atoms with van der Waals surface area (Å²) in [5, 5.41) is 7.26. The molecule has 32 heavy (non-hydrogen) atoms. The van der Waals surface area contributed by atoms with Gasteiger partial charge in [0.1, 0.15) is 18.8 Å². The van der Waals surface area contributed by atoms with E-state index in [9.17, 15) is 9.59 Å². The van der Waals surface area contributed by atoms with Crippen LogP contribution in [0, 0.1) is 6.92 Å². The van der Waals surface area contributed by atoms with Gasteiger partial charge in [-0.1, -0.05) is 41.4 Å². The minimum Gasteiger partial charge on any atom is -0.488 e. The zero-order valence-corrected chi connectivity index (χ0v) is 19.6. The third-order valence-corrected chi connectivity index (χ3v) is 5.19. The van der Waals surface area contributed by atoms with Crippen molar-refractivity contribution in [1.82, 2.24) is 5.43 Å². The fraction of sp³-hybridized carbons (Fsp3) is 0.125. The van der Waals surface area contributed by atoms with Crippen LogP contribution in [-0.2, 0) is 16.2 Å². The maximum absolute atomic E-state index is 12.0. The molecule has 3 aromatic carbocycles. The Kier molecular flexibility index (Phi) is 8.41. The number of hydrogen-bond donors (Lipinski definition) is 2. The summed E-state index contributed by atoms with van der Waals surface area (Å²) < 4.78 is 6.56. The number of nitrogens with one attached hydrogen (secondary N) is 2. The number of benzene rings is 3. The van der Waals surface area contributed by atoms with Crippen LogP contribution in [0.15, 0.2) is 76.3 Å². The highest BCUT2D eigenvalue weighted by Gasteiger charge is 2.09. The van der Waals surface area contributed by atoms with Gasteiger partial charge >= 0.3 is 0 Å². The maximum atomic E-state index is 12.0. The summed E-state index contributed by atoms with van der Waals surface area (Å²) in [7, 11) is 0. The van der Waals surface area contributed by atoms with Crippen molar-refractivity contribution in [1.29, 1.82) is 0 Å². The van der Waals surface area contributed by atoms with Gasteiger partial charge < -0.3 is 10.1 Å². The molecule has 3 aromatic rings. The Bertz CT molecular complexity index is 1120. The van der Waals surface area contributed by atoms with Crippen molar-refractivity contribution in [3.63, 3.8) is 0 Å². The highest BCUT2D eigenvalue weighted by atomic mass is 79.9. The highest BCUT2D eigenvalue weighted by Crippen LogP contribution is 2.26. The number of carbonyl (C=O) groups excluding carboxylic acids is 2. The number of rotatable bonds is 8. The Morgan fingerprint density at radius 2 is 1.75 bits per heavy atom. The summed E-state index contributed by atoms with van der Waals surface area (Å²) in [5.41, 5.74) is 5.83. The molecule has 0 heterocycles. The summed E-state index contributed by atoms with van der Waals surface area (Å²) in [6.45, 7) is 2.36. The van der Waals surface area contributed by atoms with E-state index in [1.54, 1.807) is 18.2 Å². The van der Waals surface area contributed by atoms with Gasteiger partial charge in [0.15, 0.2) is 0 Å². The monoisotopic (exact) mass is 513 g/mol. The molecule has 0 aliphatic carbocycles. The van der Waals surface area contributed by atoms with Gasteiger partial charge in [0.2, 0.25) is 11.8 Å². The average Bonchev–Trinajstić information content (AvgIpc) is 2.76. The Labute approximate surface area is 199 Å². The van der Waals surface area contributed by atoms with Crippen LogP contribution in [0.25, 0.3) is 0 Å². The first-order chi connectivity index (χ1) is 15.4. The first-order valence-corrected chi connectivity index (χ1v) is 10.9. The standard InChI is InChI=1S/C24H21BrClN3O3/c1-16-2-9-20(10-3-16)28-23(30)13-24(31)29-27-14-18-6-11-22(21(25)12-18)32-15-17-4-7-19(26)8-5-17/h2-12,14H,13,15H2,1H3,(H,28,30)(H,29,31). The summed E-state index contributed by atoms with van der Waals surface area (Å²) in [6, 6.07) is 20.2. The Balaban J connectivity index is 1.46. The molecule has 0 aliphatic heterocycles. The van der Waals surface area contributed by atoms with Crippen LogP contribution in [0.2, 0.25) is 5.02 Å². The van der Waals surface area contributed by atoms with Crippen molar-refractivity contribution in [2.75, 3.05) is 5.32 Å². The van der Waals surface area contributed by atoms with Crippen molar-refractivity contribution >= 4 is 51.2 Å². The first-order valence-electron chi connectivity index (χ1n) is 9.74. The molecule has 0 aromatic heterocycles. The van der Waals surface area contributed by atoms with Crippen molar-refractivity contribution in [3.05, 3.63) is 92.9 Å². The van der Waals surface area contributed by atoms with E-state index in [1.807, 2.05) is 55.5 Å². The van der Waals surface area contributed by atoms with Crippen molar-refractivity contribution in [3.8, 4) is 5.75 Å². The van der Waals surface area contributed by atoms with Crippen LogP contribution in [0.4, 0.5) is 5.69 Å². The minimum absolute atomic E-state index is 0.327. The van der Waals surface area contributed by atoms with E-state index < -0.39 is 11.8 Å². The largest absolute Gasteiger partial charge is 0.488 e. The number of amides is 2. The van der Waals surface area contributed by atoms with E-state index in [2.05, 4.69) is 31.8 Å². The summed E-state index contributed by atoms with van der Waals surface area (Å²) in [6.07, 6.45) is 1.16. The summed E-state index contributed by atoms with van der Waals surface area (Å²) >= 11 is 9.36. The molecule has 0 aliphatic rings. The van der Waals surface area contributed by atoms with E-state index in [1.165, 1.54) is 6.21 Å². The molecule has 0 saturated carbocycles. The normalized spacial score (nSPS) is 10.7. The van der Waals surface area contributed by atoms with Crippen molar-refractivity contribution < 1.29 is 14.3 Å². The average molecular weight is 515 g/mol. The Morgan fingerprint density at radius 3 is 2.44 bits per heavy atom. The molecule has 0 saturated heterocycles.